The average molecular weight is 506 g/mol. The van der Waals surface area contributed by atoms with Crippen LogP contribution in [0.5, 0.6) is 0 Å². The van der Waals surface area contributed by atoms with E-state index in [0.717, 1.165) is 10.9 Å². The Balaban J connectivity index is 1.82. The lowest BCUT2D eigenvalue weighted by Gasteiger charge is -2.28. The number of aromatic nitrogens is 2. The van der Waals surface area contributed by atoms with Gasteiger partial charge in [0.15, 0.2) is 6.23 Å². The lowest BCUT2D eigenvalue weighted by Crippen LogP contribution is -2.41. The van der Waals surface area contributed by atoms with E-state index in [2.05, 4.69) is 0 Å². The molecule has 0 radical (unpaired) electrons. The number of fused-ring (bicyclic) bond motifs is 5. The second kappa shape index (κ2) is 6.59. The first-order chi connectivity index (χ1) is 13.9. The Labute approximate surface area is 177 Å². The number of carbonyl (C=O) groups is 1. The van der Waals surface area contributed by atoms with Gasteiger partial charge >= 0.3 is 5.97 Å². The summed E-state index contributed by atoms with van der Waals surface area (Å²) in [5.41, 5.74) is 2.38. The number of rotatable bonds is 3. The zero-order chi connectivity index (χ0) is 20.3. The van der Waals surface area contributed by atoms with Gasteiger partial charge in [-0.1, -0.05) is 18.2 Å². The number of carbonyl (C=O) groups excluding carboxylic acids is 1. The van der Waals surface area contributed by atoms with E-state index in [0.29, 0.717) is 17.0 Å². The van der Waals surface area contributed by atoms with Crippen molar-refractivity contribution in [2.45, 2.75) is 16.4 Å². The smallest absolute Gasteiger partial charge is 0.353 e. The van der Waals surface area contributed by atoms with Gasteiger partial charge in [-0.05, 0) is 40.8 Å². The molecule has 1 aromatic carbocycles. The van der Waals surface area contributed by atoms with Crippen molar-refractivity contribution in [1.29, 1.82) is 0 Å². The fourth-order valence-electron chi connectivity index (χ4n) is 3.85. The van der Waals surface area contributed by atoms with Gasteiger partial charge in [-0.25, -0.2) is 9.78 Å². The minimum Gasteiger partial charge on any atom is -0.458 e. The predicted octanol–water partition coefficient (Wildman–Crippen LogP) is 1.57. The molecule has 0 unspecified atom stereocenters. The molecule has 2 aromatic heterocycles. The molecule has 2 aliphatic rings. The molecule has 2 N–H and O–H groups in total. The number of aliphatic hydroxyl groups excluding tert-OH is 1. The summed E-state index contributed by atoms with van der Waals surface area (Å²) in [5, 5.41) is 20.8. The van der Waals surface area contributed by atoms with Crippen molar-refractivity contribution >= 4 is 39.5 Å². The van der Waals surface area contributed by atoms with E-state index in [4.69, 9.17) is 14.5 Å². The first-order valence-electron chi connectivity index (χ1n) is 8.93. The van der Waals surface area contributed by atoms with Crippen LogP contribution < -0.4 is 5.56 Å². The van der Waals surface area contributed by atoms with E-state index >= 15 is 0 Å². The molecule has 2 atom stereocenters. The van der Waals surface area contributed by atoms with Gasteiger partial charge < -0.3 is 19.7 Å². The molecule has 5 rings (SSSR count). The molecule has 9 heteroatoms. The molecule has 29 heavy (non-hydrogen) atoms. The SMILES string of the molecule is O=C1OCc2c(cc3n(c2=O)[C@@H](OCCO)c2cc4ccccc4nc2-3)[C@@]1(O)I. The van der Waals surface area contributed by atoms with Gasteiger partial charge in [0.05, 0.1) is 35.7 Å². The Morgan fingerprint density at radius 3 is 2.90 bits per heavy atom. The number of aliphatic hydroxyl groups is 2. The van der Waals surface area contributed by atoms with Crippen molar-refractivity contribution in [2.75, 3.05) is 13.2 Å². The topological polar surface area (TPSA) is 111 Å². The van der Waals surface area contributed by atoms with Gasteiger partial charge in [0, 0.05) is 16.5 Å². The Morgan fingerprint density at radius 1 is 1.31 bits per heavy atom. The predicted molar refractivity (Wildman–Crippen MR) is 110 cm³/mol. The van der Waals surface area contributed by atoms with Gasteiger partial charge in [-0.15, -0.1) is 0 Å². The molecule has 0 aliphatic carbocycles. The molecule has 0 saturated heterocycles. The lowest BCUT2D eigenvalue weighted by atomic mass is 10.0. The summed E-state index contributed by atoms with van der Waals surface area (Å²) in [6.45, 7) is -0.394. The largest absolute Gasteiger partial charge is 0.458 e. The molecule has 2 aliphatic heterocycles. The molecular formula is C20H15IN2O6. The number of esters is 1. The zero-order valence-corrected chi connectivity index (χ0v) is 17.1. The Bertz CT molecular complexity index is 1240. The van der Waals surface area contributed by atoms with Gasteiger partial charge in [0.2, 0.25) is 3.61 Å². The third kappa shape index (κ3) is 2.65. The number of hydrogen-bond donors (Lipinski definition) is 2. The quantitative estimate of drug-likeness (QED) is 0.315. The molecular weight excluding hydrogens is 491 g/mol. The average Bonchev–Trinajstić information content (AvgIpc) is 3.01. The van der Waals surface area contributed by atoms with Crippen LogP contribution in [0.1, 0.15) is 22.9 Å². The van der Waals surface area contributed by atoms with E-state index in [1.165, 1.54) is 4.57 Å². The minimum atomic E-state index is -1.96. The molecule has 3 aromatic rings. The highest BCUT2D eigenvalue weighted by Gasteiger charge is 2.46. The molecule has 8 nitrogen and oxygen atoms in total. The van der Waals surface area contributed by atoms with Gasteiger partial charge in [0.1, 0.15) is 6.61 Å². The number of benzene rings is 1. The molecule has 148 valence electrons. The number of nitrogens with zero attached hydrogens (tertiary/aromatic N) is 2. The summed E-state index contributed by atoms with van der Waals surface area (Å²) < 4.78 is 10.3. The maximum absolute atomic E-state index is 13.3. The van der Waals surface area contributed by atoms with Crippen LogP contribution in [-0.2, 0) is 24.5 Å². The molecule has 0 amide bonds. The van der Waals surface area contributed by atoms with Gasteiger partial charge in [0.25, 0.3) is 5.56 Å². The summed E-state index contributed by atoms with van der Waals surface area (Å²) >= 11 is 1.58. The van der Waals surface area contributed by atoms with Crippen LogP contribution in [0.25, 0.3) is 22.3 Å². The van der Waals surface area contributed by atoms with Crippen LogP contribution >= 0.6 is 22.6 Å². The van der Waals surface area contributed by atoms with Crippen molar-refractivity contribution in [3.8, 4) is 11.4 Å². The van der Waals surface area contributed by atoms with Crippen LogP contribution in [0, 0.1) is 0 Å². The first kappa shape index (κ1) is 18.7. The number of ether oxygens (including phenoxy) is 2. The van der Waals surface area contributed by atoms with Crippen molar-refractivity contribution in [3.05, 3.63) is 63.4 Å². The van der Waals surface area contributed by atoms with Crippen LogP contribution in [0.15, 0.2) is 41.2 Å². The van der Waals surface area contributed by atoms with E-state index in [1.54, 1.807) is 28.7 Å². The molecule has 0 spiro atoms. The van der Waals surface area contributed by atoms with Gasteiger partial charge in [-0.2, -0.15) is 0 Å². The fraction of sp³-hybridized carbons (Fsp3) is 0.250. The number of para-hydroxylation sites is 1. The number of halogens is 1. The van der Waals surface area contributed by atoms with Crippen molar-refractivity contribution in [1.82, 2.24) is 9.55 Å². The molecule has 0 fully saturated rings. The summed E-state index contributed by atoms with van der Waals surface area (Å²) in [6.07, 6.45) is -0.776. The third-order valence-electron chi connectivity index (χ3n) is 5.18. The summed E-state index contributed by atoms with van der Waals surface area (Å²) in [6, 6.07) is 11.1. The number of pyridine rings is 2. The molecule has 0 saturated carbocycles. The van der Waals surface area contributed by atoms with E-state index < -0.39 is 21.4 Å². The monoisotopic (exact) mass is 506 g/mol. The van der Waals surface area contributed by atoms with Crippen molar-refractivity contribution in [3.63, 3.8) is 0 Å². The number of hydrogen-bond acceptors (Lipinski definition) is 7. The highest BCUT2D eigenvalue weighted by atomic mass is 127. The molecule has 0 bridgehead atoms. The van der Waals surface area contributed by atoms with Gasteiger partial charge in [-0.3, -0.25) is 9.36 Å². The van der Waals surface area contributed by atoms with E-state index in [-0.39, 0.29) is 30.9 Å². The third-order valence-corrected chi connectivity index (χ3v) is 6.20. The van der Waals surface area contributed by atoms with Crippen LogP contribution in [0.4, 0.5) is 0 Å². The second-order valence-electron chi connectivity index (χ2n) is 6.86. The van der Waals surface area contributed by atoms with Crippen LogP contribution in [0.3, 0.4) is 0 Å². The Morgan fingerprint density at radius 2 is 2.10 bits per heavy atom. The number of cyclic esters (lactones) is 1. The zero-order valence-electron chi connectivity index (χ0n) is 15.0. The fourth-order valence-corrected chi connectivity index (χ4v) is 4.49. The molecule has 4 heterocycles. The van der Waals surface area contributed by atoms with Crippen molar-refractivity contribution < 1.29 is 24.5 Å². The summed E-state index contributed by atoms with van der Waals surface area (Å²) in [7, 11) is 0. The van der Waals surface area contributed by atoms with Crippen LogP contribution in [0.2, 0.25) is 0 Å². The highest BCUT2D eigenvalue weighted by Crippen LogP contribution is 2.43. The highest BCUT2D eigenvalue weighted by molar-refractivity contribution is 14.1. The maximum Gasteiger partial charge on any atom is 0.353 e. The standard InChI is InChI=1S/C20H15IN2O6/c21-20(27)13-8-15-16-11(7-10-3-1-2-4-14(10)22-16)18(28-6-5-24)23(15)17(25)12(13)9-29-19(20)26/h1-4,7-8,18,24,27H,5-6,9H2/t18-,20-/m0/s1. The number of alkyl halides is 1. The van der Waals surface area contributed by atoms with Crippen molar-refractivity contribution in [2.24, 2.45) is 0 Å². The lowest BCUT2D eigenvalue weighted by molar-refractivity contribution is -0.159. The van der Waals surface area contributed by atoms with Crippen LogP contribution in [-0.4, -0.2) is 38.9 Å². The summed E-state index contributed by atoms with van der Waals surface area (Å²) in [5.74, 6) is -0.812. The van der Waals surface area contributed by atoms with E-state index in [9.17, 15) is 19.8 Å². The minimum absolute atomic E-state index is 0.0328. The first-order valence-corrected chi connectivity index (χ1v) is 10.0. The Hall–Kier alpha value is -2.34. The Kier molecular flexibility index (Phi) is 4.24. The normalized spacial score (nSPS) is 22.2. The maximum atomic E-state index is 13.3. The van der Waals surface area contributed by atoms with E-state index in [1.807, 2.05) is 30.3 Å². The summed E-state index contributed by atoms with van der Waals surface area (Å²) in [4.78, 5) is 30.1. The second-order valence-corrected chi connectivity index (χ2v) is 8.42.